The number of hydrogen-bond acceptors (Lipinski definition) is 2. The Kier molecular flexibility index (Phi) is 17.6. The summed E-state index contributed by atoms with van der Waals surface area (Å²) >= 11 is 0. The molecule has 0 saturated carbocycles. The molecule has 0 heterocycles. The van der Waals surface area contributed by atoms with Crippen LogP contribution in [0.5, 0.6) is 0 Å². The fourth-order valence-corrected chi connectivity index (χ4v) is 3.35. The van der Waals surface area contributed by atoms with Crippen molar-refractivity contribution in [3.05, 3.63) is 0 Å². The molecule has 1 unspecified atom stereocenters. The highest BCUT2D eigenvalue weighted by Gasteiger charge is 2.15. The van der Waals surface area contributed by atoms with E-state index in [2.05, 4.69) is 12.2 Å². The molecule has 0 aliphatic rings. The number of rotatable bonds is 19. The van der Waals surface area contributed by atoms with Gasteiger partial charge < -0.3 is 16.8 Å². The molecule has 0 aromatic rings. The van der Waals surface area contributed by atoms with Gasteiger partial charge in [0.1, 0.15) is 6.04 Å². The van der Waals surface area contributed by atoms with Gasteiger partial charge in [0.2, 0.25) is 5.91 Å². The van der Waals surface area contributed by atoms with E-state index in [1.165, 1.54) is 89.9 Å². The maximum atomic E-state index is 11.2. The molecule has 5 heteroatoms. The van der Waals surface area contributed by atoms with E-state index in [0.717, 1.165) is 12.8 Å². The first-order valence-electron chi connectivity index (χ1n) is 10.9. The molecule has 3 amide bonds. The Bertz CT molecular complexity index is 348. The molecule has 0 radical (unpaired) electrons. The van der Waals surface area contributed by atoms with Crippen LogP contribution in [0.2, 0.25) is 0 Å². The molecule has 0 aromatic heterocycles. The minimum atomic E-state index is -0.690. The van der Waals surface area contributed by atoms with E-state index in [-0.39, 0.29) is 0 Å². The second kappa shape index (κ2) is 18.5. The van der Waals surface area contributed by atoms with Crippen molar-refractivity contribution in [2.45, 2.75) is 122 Å². The average molecular weight is 370 g/mol. The van der Waals surface area contributed by atoms with Crippen LogP contribution in [0.1, 0.15) is 116 Å². The van der Waals surface area contributed by atoms with Crippen LogP contribution in [0, 0.1) is 0 Å². The maximum absolute atomic E-state index is 11.2. The van der Waals surface area contributed by atoms with Gasteiger partial charge >= 0.3 is 6.03 Å². The first kappa shape index (κ1) is 24.7. The van der Waals surface area contributed by atoms with E-state index < -0.39 is 18.0 Å². The van der Waals surface area contributed by atoms with Crippen LogP contribution in [0.4, 0.5) is 4.79 Å². The Morgan fingerprint density at radius 3 is 1.31 bits per heavy atom. The zero-order valence-corrected chi connectivity index (χ0v) is 17.1. The predicted molar refractivity (Wildman–Crippen MR) is 110 cm³/mol. The normalized spacial score (nSPS) is 12.0. The van der Waals surface area contributed by atoms with E-state index in [4.69, 9.17) is 11.5 Å². The topological polar surface area (TPSA) is 98.2 Å². The van der Waals surface area contributed by atoms with E-state index in [1.807, 2.05) is 0 Å². The summed E-state index contributed by atoms with van der Waals surface area (Å²) in [5, 5.41) is 2.40. The molecule has 5 nitrogen and oxygen atoms in total. The van der Waals surface area contributed by atoms with Crippen molar-refractivity contribution >= 4 is 11.9 Å². The lowest BCUT2D eigenvalue weighted by Gasteiger charge is -2.13. The Morgan fingerprint density at radius 1 is 0.654 bits per heavy atom. The third-order valence-corrected chi connectivity index (χ3v) is 5.01. The molecule has 5 N–H and O–H groups in total. The van der Waals surface area contributed by atoms with Gasteiger partial charge in [-0.2, -0.15) is 0 Å². The van der Waals surface area contributed by atoms with Gasteiger partial charge in [0.05, 0.1) is 0 Å². The second-order valence-electron chi connectivity index (χ2n) is 7.56. The monoisotopic (exact) mass is 369 g/mol. The van der Waals surface area contributed by atoms with Crippen molar-refractivity contribution in [3.63, 3.8) is 0 Å². The number of amides is 3. The Balaban J connectivity index is 3.26. The molecule has 0 saturated heterocycles. The van der Waals surface area contributed by atoms with Crippen LogP contribution < -0.4 is 16.8 Å². The second-order valence-corrected chi connectivity index (χ2v) is 7.56. The molecule has 0 rings (SSSR count). The van der Waals surface area contributed by atoms with Gasteiger partial charge in [-0.05, 0) is 6.42 Å². The van der Waals surface area contributed by atoms with E-state index in [9.17, 15) is 9.59 Å². The Hall–Kier alpha value is -1.26. The lowest BCUT2D eigenvalue weighted by Crippen LogP contribution is -2.46. The molecular formula is C21H43N3O2. The summed E-state index contributed by atoms with van der Waals surface area (Å²) in [7, 11) is 0. The van der Waals surface area contributed by atoms with E-state index in [1.54, 1.807) is 0 Å². The number of primary amides is 2. The summed E-state index contributed by atoms with van der Waals surface area (Å²) in [5.74, 6) is -0.509. The molecule has 0 spiro atoms. The summed E-state index contributed by atoms with van der Waals surface area (Å²) in [4.78, 5) is 22.0. The van der Waals surface area contributed by atoms with Crippen molar-refractivity contribution < 1.29 is 9.59 Å². The van der Waals surface area contributed by atoms with Gasteiger partial charge in [-0.3, -0.25) is 4.79 Å². The van der Waals surface area contributed by atoms with Gasteiger partial charge in [-0.25, -0.2) is 4.79 Å². The zero-order chi connectivity index (χ0) is 19.5. The van der Waals surface area contributed by atoms with Crippen molar-refractivity contribution in [1.29, 1.82) is 0 Å². The van der Waals surface area contributed by atoms with Crippen molar-refractivity contribution in [3.8, 4) is 0 Å². The predicted octanol–water partition coefficient (Wildman–Crippen LogP) is 5.16. The minimum Gasteiger partial charge on any atom is -0.368 e. The van der Waals surface area contributed by atoms with Crippen molar-refractivity contribution in [2.75, 3.05) is 0 Å². The van der Waals surface area contributed by atoms with Gasteiger partial charge in [0, 0.05) is 0 Å². The number of nitrogens with two attached hydrogens (primary N) is 2. The average Bonchev–Trinajstić information content (AvgIpc) is 2.59. The summed E-state index contributed by atoms with van der Waals surface area (Å²) < 4.78 is 0. The maximum Gasteiger partial charge on any atom is 0.312 e. The molecule has 1 atom stereocenters. The number of carbonyl (C=O) groups is 2. The molecular weight excluding hydrogens is 326 g/mol. The van der Waals surface area contributed by atoms with Crippen molar-refractivity contribution in [2.24, 2.45) is 11.5 Å². The molecule has 0 aliphatic carbocycles. The van der Waals surface area contributed by atoms with E-state index in [0.29, 0.717) is 6.42 Å². The SMILES string of the molecule is CCCCCCCCCCCCCCCCCCC(NC(N)=O)C(N)=O. The molecule has 0 bridgehead atoms. The van der Waals surface area contributed by atoms with Crippen LogP contribution in [0.3, 0.4) is 0 Å². The molecule has 0 aromatic carbocycles. The molecule has 26 heavy (non-hydrogen) atoms. The highest BCUT2D eigenvalue weighted by atomic mass is 16.2. The van der Waals surface area contributed by atoms with Crippen LogP contribution >= 0.6 is 0 Å². The molecule has 0 aliphatic heterocycles. The number of nitrogens with one attached hydrogen (secondary N) is 1. The van der Waals surface area contributed by atoms with Gasteiger partial charge in [0.25, 0.3) is 0 Å². The third kappa shape index (κ3) is 17.6. The number of hydrogen-bond donors (Lipinski definition) is 3. The summed E-state index contributed by atoms with van der Waals surface area (Å²) in [6, 6.07) is -1.32. The van der Waals surface area contributed by atoms with E-state index >= 15 is 0 Å². The standard InChI is InChI=1S/C21H43N3O2/c1-2-3-4-5-6-7-8-9-10-11-12-13-14-15-16-17-18-19(20(22)25)24-21(23)26/h19H,2-18H2,1H3,(H2,22,25)(H3,23,24,26). The number of urea groups is 1. The Labute approximate surface area is 161 Å². The smallest absolute Gasteiger partial charge is 0.312 e. The van der Waals surface area contributed by atoms with Gasteiger partial charge in [-0.1, -0.05) is 110 Å². The van der Waals surface area contributed by atoms with Crippen molar-refractivity contribution in [1.82, 2.24) is 5.32 Å². The largest absolute Gasteiger partial charge is 0.368 e. The number of unbranched alkanes of at least 4 members (excludes halogenated alkanes) is 15. The molecule has 154 valence electrons. The van der Waals surface area contributed by atoms with Crippen LogP contribution in [0.15, 0.2) is 0 Å². The third-order valence-electron chi connectivity index (χ3n) is 5.01. The summed E-state index contributed by atoms with van der Waals surface area (Å²) in [6.07, 6.45) is 21.6. The lowest BCUT2D eigenvalue weighted by molar-refractivity contribution is -0.119. The summed E-state index contributed by atoms with van der Waals surface area (Å²) in [5.41, 5.74) is 10.3. The first-order chi connectivity index (χ1) is 12.6. The first-order valence-corrected chi connectivity index (χ1v) is 10.9. The fraction of sp³-hybridized carbons (Fsp3) is 0.905. The van der Waals surface area contributed by atoms with Gasteiger partial charge in [-0.15, -0.1) is 0 Å². The zero-order valence-electron chi connectivity index (χ0n) is 17.1. The summed E-state index contributed by atoms with van der Waals surface area (Å²) in [6.45, 7) is 2.27. The fourth-order valence-electron chi connectivity index (χ4n) is 3.35. The van der Waals surface area contributed by atoms with Gasteiger partial charge in [0.15, 0.2) is 0 Å². The van der Waals surface area contributed by atoms with Crippen LogP contribution in [-0.2, 0) is 4.79 Å². The van der Waals surface area contributed by atoms with Crippen LogP contribution in [0.25, 0.3) is 0 Å². The number of carbonyl (C=O) groups excluding carboxylic acids is 2. The molecule has 0 fully saturated rings. The Morgan fingerprint density at radius 2 is 1.00 bits per heavy atom. The lowest BCUT2D eigenvalue weighted by atomic mass is 10.0. The highest BCUT2D eigenvalue weighted by molar-refractivity contribution is 5.85. The quantitative estimate of drug-likeness (QED) is 0.274. The highest BCUT2D eigenvalue weighted by Crippen LogP contribution is 2.14. The minimum absolute atomic E-state index is 0.509. The van der Waals surface area contributed by atoms with Crippen LogP contribution in [-0.4, -0.2) is 18.0 Å².